The van der Waals surface area contributed by atoms with Gasteiger partial charge in [-0.15, -0.1) is 0 Å². The van der Waals surface area contributed by atoms with Crippen LogP contribution in [0.15, 0.2) is 97.1 Å². The molecule has 202 valence electrons. The van der Waals surface area contributed by atoms with Crippen LogP contribution >= 0.6 is 0 Å². The molecule has 0 aliphatic carbocycles. The van der Waals surface area contributed by atoms with Gasteiger partial charge in [0.2, 0.25) is 0 Å². The summed E-state index contributed by atoms with van der Waals surface area (Å²) in [7, 11) is -0.617. The van der Waals surface area contributed by atoms with Crippen molar-refractivity contribution in [2.75, 3.05) is 0 Å². The van der Waals surface area contributed by atoms with Crippen LogP contribution < -0.4 is 14.9 Å². The van der Waals surface area contributed by atoms with E-state index in [2.05, 4.69) is 0 Å². The van der Waals surface area contributed by atoms with E-state index in [1.807, 2.05) is 125 Å². The van der Waals surface area contributed by atoms with Crippen molar-refractivity contribution in [3.8, 4) is 57.2 Å². The molecule has 5 aromatic rings. The number of benzene rings is 4. The molecule has 1 saturated heterocycles. The predicted octanol–water partition coefficient (Wildman–Crippen LogP) is 7.07. The molecule has 2 aliphatic heterocycles. The summed E-state index contributed by atoms with van der Waals surface area (Å²) in [5.41, 5.74) is 2.18. The summed E-state index contributed by atoms with van der Waals surface area (Å²) in [4.78, 5) is 14.7. The van der Waals surface area contributed by atoms with Crippen molar-refractivity contribution in [1.29, 1.82) is 0 Å². The Bertz CT molecular complexity index is 1690. The molecule has 0 saturated carbocycles. The zero-order valence-electron chi connectivity index (χ0n) is 23.3. The number of para-hydroxylation sites is 2. The van der Waals surface area contributed by atoms with Gasteiger partial charge in [-0.1, -0.05) is 72.8 Å². The molecule has 0 bridgehead atoms. The van der Waals surface area contributed by atoms with Crippen LogP contribution in [0.4, 0.5) is 0 Å². The lowest BCUT2D eigenvalue weighted by atomic mass is 9.78. The summed E-state index contributed by atoms with van der Waals surface area (Å²) in [6, 6.07) is 31.2. The van der Waals surface area contributed by atoms with Gasteiger partial charge in [-0.25, -0.2) is 15.0 Å². The lowest BCUT2D eigenvalue weighted by molar-refractivity contribution is 0.00578. The van der Waals surface area contributed by atoms with Crippen molar-refractivity contribution in [2.24, 2.45) is 0 Å². The van der Waals surface area contributed by atoms with Crippen molar-refractivity contribution in [3.63, 3.8) is 0 Å². The SMILES string of the molecule is CC1(C)OB(c2cc3c(c(-c4nc(-c5ccccc5)nc(-c5ccccc5)n4)c2)Oc2ccccc2O3)OC1(C)C. The molecule has 1 aromatic heterocycles. The summed E-state index contributed by atoms with van der Waals surface area (Å²) in [6.45, 7) is 8.14. The number of fused-ring (bicyclic) bond motifs is 2. The summed E-state index contributed by atoms with van der Waals surface area (Å²) in [5, 5.41) is 0. The van der Waals surface area contributed by atoms with Crippen molar-refractivity contribution < 1.29 is 18.8 Å². The van der Waals surface area contributed by atoms with Gasteiger partial charge < -0.3 is 18.8 Å². The molecule has 0 unspecified atom stereocenters. The molecular weight excluding hydrogens is 513 g/mol. The Kier molecular flexibility index (Phi) is 5.92. The molecule has 7 rings (SSSR count). The van der Waals surface area contributed by atoms with E-state index >= 15 is 0 Å². The first-order valence-corrected chi connectivity index (χ1v) is 13.6. The Morgan fingerprint density at radius 2 is 1.02 bits per heavy atom. The highest BCUT2D eigenvalue weighted by molar-refractivity contribution is 6.62. The highest BCUT2D eigenvalue weighted by Crippen LogP contribution is 2.49. The second-order valence-electron chi connectivity index (χ2n) is 11.2. The van der Waals surface area contributed by atoms with Gasteiger partial charge in [-0.05, 0) is 57.4 Å². The van der Waals surface area contributed by atoms with E-state index in [9.17, 15) is 0 Å². The van der Waals surface area contributed by atoms with E-state index in [0.29, 0.717) is 46.0 Å². The fourth-order valence-electron chi connectivity index (χ4n) is 4.86. The summed E-state index contributed by atoms with van der Waals surface area (Å²) < 4.78 is 25.6. The molecule has 41 heavy (non-hydrogen) atoms. The third-order valence-electron chi connectivity index (χ3n) is 7.82. The normalized spacial score (nSPS) is 16.3. The first-order valence-electron chi connectivity index (χ1n) is 13.6. The van der Waals surface area contributed by atoms with Crippen LogP contribution in [-0.4, -0.2) is 33.3 Å². The van der Waals surface area contributed by atoms with Gasteiger partial charge in [0.25, 0.3) is 0 Å². The third kappa shape index (κ3) is 4.55. The third-order valence-corrected chi connectivity index (χ3v) is 7.82. The van der Waals surface area contributed by atoms with E-state index in [1.54, 1.807) is 0 Å². The molecule has 1 fully saturated rings. The Labute approximate surface area is 239 Å². The summed E-state index contributed by atoms with van der Waals surface area (Å²) in [5.74, 6) is 3.87. The highest BCUT2D eigenvalue weighted by atomic mass is 16.7. The minimum atomic E-state index is -0.617. The molecule has 0 amide bonds. The van der Waals surface area contributed by atoms with Crippen molar-refractivity contribution in [1.82, 2.24) is 15.0 Å². The maximum atomic E-state index is 6.45. The van der Waals surface area contributed by atoms with Crippen LogP contribution in [0.1, 0.15) is 27.7 Å². The first kappa shape index (κ1) is 25.4. The van der Waals surface area contributed by atoms with Gasteiger partial charge in [-0.3, -0.25) is 0 Å². The van der Waals surface area contributed by atoms with Gasteiger partial charge in [-0.2, -0.15) is 0 Å². The van der Waals surface area contributed by atoms with E-state index in [1.165, 1.54) is 0 Å². The molecule has 0 N–H and O–H groups in total. The highest BCUT2D eigenvalue weighted by Gasteiger charge is 2.52. The molecule has 7 nitrogen and oxygen atoms in total. The van der Waals surface area contributed by atoms with E-state index < -0.39 is 18.3 Å². The van der Waals surface area contributed by atoms with Crippen LogP contribution in [0.5, 0.6) is 23.0 Å². The van der Waals surface area contributed by atoms with Gasteiger partial charge in [0.15, 0.2) is 40.5 Å². The fourth-order valence-corrected chi connectivity index (χ4v) is 4.86. The number of aromatic nitrogens is 3. The summed E-state index contributed by atoms with van der Waals surface area (Å²) in [6.07, 6.45) is 0. The number of hydrogen-bond acceptors (Lipinski definition) is 7. The molecule has 0 spiro atoms. The van der Waals surface area contributed by atoms with Crippen LogP contribution in [0.3, 0.4) is 0 Å². The maximum Gasteiger partial charge on any atom is 0.494 e. The molecule has 0 radical (unpaired) electrons. The molecule has 8 heteroatoms. The predicted molar refractivity (Wildman–Crippen MR) is 158 cm³/mol. The van der Waals surface area contributed by atoms with E-state index in [4.69, 9.17) is 33.7 Å². The Morgan fingerprint density at radius 3 is 1.59 bits per heavy atom. The lowest BCUT2D eigenvalue weighted by Crippen LogP contribution is -2.41. The first-order chi connectivity index (χ1) is 19.8. The second kappa shape index (κ2) is 9.54. The Balaban J connectivity index is 1.44. The molecule has 3 heterocycles. The average Bonchev–Trinajstić information content (AvgIpc) is 3.22. The van der Waals surface area contributed by atoms with Crippen LogP contribution in [0.2, 0.25) is 0 Å². The largest absolute Gasteiger partial charge is 0.494 e. The number of ether oxygens (including phenoxy) is 2. The fraction of sp³-hybridized carbons (Fsp3) is 0.182. The van der Waals surface area contributed by atoms with Gasteiger partial charge in [0.1, 0.15) is 0 Å². The molecule has 4 aromatic carbocycles. The monoisotopic (exact) mass is 541 g/mol. The van der Waals surface area contributed by atoms with Crippen LogP contribution in [-0.2, 0) is 9.31 Å². The maximum absolute atomic E-state index is 6.45. The van der Waals surface area contributed by atoms with Gasteiger partial charge in [0.05, 0.1) is 16.8 Å². The quantitative estimate of drug-likeness (QED) is 0.221. The average molecular weight is 541 g/mol. The minimum Gasteiger partial charge on any atom is -0.450 e. The smallest absolute Gasteiger partial charge is 0.450 e. The standard InChI is InChI=1S/C33H28BN3O4/c1-32(2)33(3,4)41-34(40-32)23-19-24(28-27(20-23)38-25-17-11-12-18-26(25)39-28)31-36-29(21-13-7-5-8-14-21)35-30(37-31)22-15-9-6-10-16-22/h5-20H,1-4H3. The van der Waals surface area contributed by atoms with Crippen molar-refractivity contribution in [3.05, 3.63) is 97.1 Å². The van der Waals surface area contributed by atoms with Gasteiger partial charge in [0, 0.05) is 11.1 Å². The van der Waals surface area contributed by atoms with Crippen molar-refractivity contribution >= 4 is 12.6 Å². The summed E-state index contributed by atoms with van der Waals surface area (Å²) >= 11 is 0. The zero-order chi connectivity index (χ0) is 28.2. The molecule has 2 aliphatic rings. The van der Waals surface area contributed by atoms with Crippen LogP contribution in [0, 0.1) is 0 Å². The minimum absolute atomic E-state index is 0.454. The Morgan fingerprint density at radius 1 is 0.537 bits per heavy atom. The molecule has 0 atom stereocenters. The van der Waals surface area contributed by atoms with E-state index in [0.717, 1.165) is 16.6 Å². The number of rotatable bonds is 4. The number of nitrogens with zero attached hydrogens (tertiary/aromatic N) is 3. The van der Waals surface area contributed by atoms with E-state index in [-0.39, 0.29) is 0 Å². The van der Waals surface area contributed by atoms with Crippen LogP contribution in [0.25, 0.3) is 34.2 Å². The van der Waals surface area contributed by atoms with Gasteiger partial charge >= 0.3 is 7.12 Å². The second-order valence-corrected chi connectivity index (χ2v) is 11.2. The zero-order valence-corrected chi connectivity index (χ0v) is 23.3. The lowest BCUT2D eigenvalue weighted by Gasteiger charge is -2.32. The molecular formula is C33H28BN3O4. The van der Waals surface area contributed by atoms with Crippen molar-refractivity contribution in [2.45, 2.75) is 38.9 Å². The number of hydrogen-bond donors (Lipinski definition) is 0. The topological polar surface area (TPSA) is 75.6 Å². The Hall–Kier alpha value is -4.53.